The van der Waals surface area contributed by atoms with E-state index in [0.717, 1.165) is 42.0 Å². The fourth-order valence-electron chi connectivity index (χ4n) is 3.43. The van der Waals surface area contributed by atoms with Gasteiger partial charge in [0.05, 0.1) is 11.6 Å². The molecule has 0 spiro atoms. The smallest absolute Gasteiger partial charge is 0.140 e. The standard InChI is InChI=1S/C23H21N5/c1-25-23-22(27-21-14-19(15-24)11-13-28(21)23)20-9-7-17(8-10-20)4-2-5-18-6-3-12-26-16-18/h3,6-14,16,25H,2,4-5H2,1H3. The summed E-state index contributed by atoms with van der Waals surface area (Å²) in [6.45, 7) is 0. The van der Waals surface area contributed by atoms with Crippen LogP contribution in [0.5, 0.6) is 0 Å². The average Bonchev–Trinajstić information content (AvgIpc) is 3.12. The van der Waals surface area contributed by atoms with E-state index in [9.17, 15) is 0 Å². The molecule has 0 radical (unpaired) electrons. The highest BCUT2D eigenvalue weighted by atomic mass is 15.1. The van der Waals surface area contributed by atoms with Gasteiger partial charge in [0.1, 0.15) is 17.2 Å². The van der Waals surface area contributed by atoms with E-state index in [1.54, 1.807) is 12.1 Å². The second-order valence-corrected chi connectivity index (χ2v) is 6.73. The van der Waals surface area contributed by atoms with E-state index in [4.69, 9.17) is 10.2 Å². The Labute approximate surface area is 164 Å². The van der Waals surface area contributed by atoms with Crippen LogP contribution in [0.3, 0.4) is 0 Å². The lowest BCUT2D eigenvalue weighted by Gasteiger charge is -2.06. The van der Waals surface area contributed by atoms with Crippen molar-refractivity contribution in [3.8, 4) is 17.3 Å². The van der Waals surface area contributed by atoms with Crippen molar-refractivity contribution >= 4 is 11.5 Å². The van der Waals surface area contributed by atoms with Gasteiger partial charge in [-0.1, -0.05) is 30.3 Å². The second-order valence-electron chi connectivity index (χ2n) is 6.73. The van der Waals surface area contributed by atoms with Gasteiger partial charge in [-0.25, -0.2) is 4.98 Å². The minimum atomic E-state index is 0.607. The van der Waals surface area contributed by atoms with E-state index in [2.05, 4.69) is 46.7 Å². The number of hydrogen-bond acceptors (Lipinski definition) is 4. The van der Waals surface area contributed by atoms with Crippen molar-refractivity contribution in [2.45, 2.75) is 19.3 Å². The quantitative estimate of drug-likeness (QED) is 0.545. The zero-order valence-corrected chi connectivity index (χ0v) is 15.8. The summed E-state index contributed by atoms with van der Waals surface area (Å²) in [6.07, 6.45) is 8.78. The minimum Gasteiger partial charge on any atom is -0.372 e. The zero-order chi connectivity index (χ0) is 19.3. The van der Waals surface area contributed by atoms with Crippen molar-refractivity contribution in [2.75, 3.05) is 12.4 Å². The topological polar surface area (TPSA) is 66.0 Å². The molecule has 3 heterocycles. The predicted molar refractivity (Wildman–Crippen MR) is 111 cm³/mol. The summed E-state index contributed by atoms with van der Waals surface area (Å²) in [5, 5.41) is 12.3. The number of imidazole rings is 1. The van der Waals surface area contributed by atoms with Crippen LogP contribution in [0.1, 0.15) is 23.1 Å². The highest BCUT2D eigenvalue weighted by molar-refractivity contribution is 5.76. The summed E-state index contributed by atoms with van der Waals surface area (Å²) < 4.78 is 1.97. The highest BCUT2D eigenvalue weighted by Crippen LogP contribution is 2.29. The summed E-state index contributed by atoms with van der Waals surface area (Å²) >= 11 is 0. The molecular weight excluding hydrogens is 346 g/mol. The number of nitrogens with zero attached hydrogens (tertiary/aromatic N) is 4. The number of fused-ring (bicyclic) bond motifs is 1. The number of aryl methyl sites for hydroxylation is 2. The molecule has 0 amide bonds. The van der Waals surface area contributed by atoms with Gasteiger partial charge in [-0.2, -0.15) is 5.26 Å². The number of hydrogen-bond donors (Lipinski definition) is 1. The molecule has 0 unspecified atom stereocenters. The van der Waals surface area contributed by atoms with Crippen molar-refractivity contribution < 1.29 is 0 Å². The van der Waals surface area contributed by atoms with Gasteiger partial charge in [0.15, 0.2) is 0 Å². The Morgan fingerprint density at radius 2 is 1.89 bits per heavy atom. The van der Waals surface area contributed by atoms with Crippen LogP contribution in [-0.4, -0.2) is 21.4 Å². The second kappa shape index (κ2) is 7.93. The molecule has 4 rings (SSSR count). The average molecular weight is 367 g/mol. The molecule has 0 aliphatic heterocycles. The Morgan fingerprint density at radius 1 is 1.07 bits per heavy atom. The number of nitriles is 1. The molecule has 138 valence electrons. The van der Waals surface area contributed by atoms with E-state index < -0.39 is 0 Å². The molecule has 0 atom stereocenters. The molecule has 0 saturated carbocycles. The van der Waals surface area contributed by atoms with Gasteiger partial charge in [-0.05, 0) is 48.6 Å². The molecule has 28 heavy (non-hydrogen) atoms. The van der Waals surface area contributed by atoms with Crippen molar-refractivity contribution in [1.29, 1.82) is 5.26 Å². The van der Waals surface area contributed by atoms with E-state index in [-0.39, 0.29) is 0 Å². The zero-order valence-electron chi connectivity index (χ0n) is 15.8. The molecule has 0 aliphatic rings. The number of aromatic nitrogens is 3. The monoisotopic (exact) mass is 367 g/mol. The number of rotatable bonds is 6. The molecule has 1 N–H and O–H groups in total. The van der Waals surface area contributed by atoms with Crippen LogP contribution in [0.4, 0.5) is 5.82 Å². The van der Waals surface area contributed by atoms with Crippen LogP contribution in [0.15, 0.2) is 67.1 Å². The molecule has 3 aromatic heterocycles. The minimum absolute atomic E-state index is 0.607. The van der Waals surface area contributed by atoms with E-state index in [0.29, 0.717) is 5.56 Å². The van der Waals surface area contributed by atoms with Crippen LogP contribution in [-0.2, 0) is 12.8 Å². The Hall–Kier alpha value is -3.65. The SMILES string of the molecule is CNc1c(-c2ccc(CCCc3cccnc3)cc2)nc2cc(C#N)ccn12. The van der Waals surface area contributed by atoms with Gasteiger partial charge in [0.2, 0.25) is 0 Å². The lowest BCUT2D eigenvalue weighted by molar-refractivity contribution is 0.817. The van der Waals surface area contributed by atoms with Gasteiger partial charge >= 0.3 is 0 Å². The van der Waals surface area contributed by atoms with Crippen molar-refractivity contribution in [1.82, 2.24) is 14.4 Å². The molecule has 1 aromatic carbocycles. The van der Waals surface area contributed by atoms with Crippen LogP contribution in [0.25, 0.3) is 16.9 Å². The Morgan fingerprint density at radius 3 is 2.61 bits per heavy atom. The first kappa shape index (κ1) is 17.7. The molecule has 0 aliphatic carbocycles. The summed E-state index contributed by atoms with van der Waals surface area (Å²) in [5.74, 6) is 0.920. The third kappa shape index (κ3) is 3.58. The molecule has 0 fully saturated rings. The lowest BCUT2D eigenvalue weighted by Crippen LogP contribution is -1.96. The Bertz CT molecular complexity index is 1120. The molecule has 4 aromatic rings. The van der Waals surface area contributed by atoms with E-state index in [1.807, 2.05) is 36.1 Å². The number of benzene rings is 1. The summed E-state index contributed by atoms with van der Waals surface area (Å²) in [4.78, 5) is 8.90. The fraction of sp³-hybridized carbons (Fsp3) is 0.174. The van der Waals surface area contributed by atoms with Gasteiger partial charge in [-0.3, -0.25) is 9.38 Å². The van der Waals surface area contributed by atoms with Gasteiger partial charge in [0.25, 0.3) is 0 Å². The maximum atomic E-state index is 9.12. The summed E-state index contributed by atoms with van der Waals surface area (Å²) in [7, 11) is 1.89. The van der Waals surface area contributed by atoms with Crippen molar-refractivity contribution in [2.24, 2.45) is 0 Å². The Kier molecular flexibility index (Phi) is 5.03. The number of pyridine rings is 2. The molecular formula is C23H21N5. The third-order valence-corrected chi connectivity index (χ3v) is 4.87. The first-order valence-corrected chi connectivity index (χ1v) is 9.36. The van der Waals surface area contributed by atoms with Crippen LogP contribution < -0.4 is 5.32 Å². The van der Waals surface area contributed by atoms with E-state index >= 15 is 0 Å². The van der Waals surface area contributed by atoms with Gasteiger partial charge in [0, 0.05) is 31.2 Å². The number of nitrogens with one attached hydrogen (secondary N) is 1. The van der Waals surface area contributed by atoms with Crippen LogP contribution in [0, 0.1) is 11.3 Å². The predicted octanol–water partition coefficient (Wildman–Crippen LogP) is 4.48. The normalized spacial score (nSPS) is 10.7. The maximum Gasteiger partial charge on any atom is 0.140 e. The first-order valence-electron chi connectivity index (χ1n) is 9.36. The molecule has 5 nitrogen and oxygen atoms in total. The number of anilines is 1. The lowest BCUT2D eigenvalue weighted by atomic mass is 10.0. The fourth-order valence-corrected chi connectivity index (χ4v) is 3.43. The van der Waals surface area contributed by atoms with Gasteiger partial charge < -0.3 is 5.32 Å². The van der Waals surface area contributed by atoms with Crippen LogP contribution >= 0.6 is 0 Å². The van der Waals surface area contributed by atoms with Crippen molar-refractivity contribution in [3.05, 3.63) is 83.8 Å². The molecule has 5 heteroatoms. The summed E-state index contributed by atoms with van der Waals surface area (Å²) in [5.41, 5.74) is 5.91. The Balaban J connectivity index is 1.53. The highest BCUT2D eigenvalue weighted by Gasteiger charge is 2.13. The van der Waals surface area contributed by atoms with Gasteiger partial charge in [-0.15, -0.1) is 0 Å². The molecule has 0 saturated heterocycles. The molecule has 0 bridgehead atoms. The third-order valence-electron chi connectivity index (χ3n) is 4.87. The van der Waals surface area contributed by atoms with Crippen molar-refractivity contribution in [3.63, 3.8) is 0 Å². The van der Waals surface area contributed by atoms with Crippen LogP contribution in [0.2, 0.25) is 0 Å². The first-order chi connectivity index (χ1) is 13.8. The van der Waals surface area contributed by atoms with E-state index in [1.165, 1.54) is 11.1 Å². The largest absolute Gasteiger partial charge is 0.372 e. The maximum absolute atomic E-state index is 9.12. The summed E-state index contributed by atoms with van der Waals surface area (Å²) in [6, 6.07) is 18.4.